The van der Waals surface area contributed by atoms with Crippen LogP contribution in [0.1, 0.15) is 21.7 Å². The van der Waals surface area contributed by atoms with Gasteiger partial charge in [0, 0.05) is 17.5 Å². The Morgan fingerprint density at radius 3 is 2.21 bits per heavy atom. The summed E-state index contributed by atoms with van der Waals surface area (Å²) < 4.78 is 27.0. The zero-order valence-electron chi connectivity index (χ0n) is 16.5. The maximum Gasteiger partial charge on any atom is 0.287 e. The number of nitrogens with one attached hydrogen (secondary N) is 1. The van der Waals surface area contributed by atoms with Crippen molar-refractivity contribution in [1.82, 2.24) is 5.32 Å². The molecule has 1 N–H and O–H groups in total. The molecule has 0 radical (unpaired) electrons. The Morgan fingerprint density at radius 1 is 0.964 bits per heavy atom. The number of ether oxygens (including phenoxy) is 4. The number of rotatable bonds is 7. The van der Waals surface area contributed by atoms with Gasteiger partial charge in [0.2, 0.25) is 5.75 Å². The van der Waals surface area contributed by atoms with Gasteiger partial charge in [0.15, 0.2) is 17.3 Å². The minimum atomic E-state index is -0.304. The normalized spacial score (nSPS) is 10.6. The largest absolute Gasteiger partial charge is 0.497 e. The van der Waals surface area contributed by atoms with Gasteiger partial charge in [-0.2, -0.15) is 0 Å². The topological polar surface area (TPSA) is 79.2 Å². The molecule has 3 rings (SSSR count). The molecule has 0 aliphatic carbocycles. The van der Waals surface area contributed by atoms with E-state index in [1.807, 2.05) is 13.0 Å². The molecule has 0 saturated carbocycles. The van der Waals surface area contributed by atoms with Gasteiger partial charge in [-0.15, -0.1) is 0 Å². The van der Waals surface area contributed by atoms with Crippen molar-refractivity contribution in [2.45, 2.75) is 13.5 Å². The summed E-state index contributed by atoms with van der Waals surface area (Å²) in [6.07, 6.45) is 0. The van der Waals surface area contributed by atoms with E-state index >= 15 is 0 Å². The van der Waals surface area contributed by atoms with Crippen LogP contribution in [0.2, 0.25) is 0 Å². The number of fused-ring (bicyclic) bond motifs is 1. The molecule has 0 unspecified atom stereocenters. The molecule has 2 aromatic carbocycles. The van der Waals surface area contributed by atoms with Gasteiger partial charge in [-0.25, -0.2) is 0 Å². The standard InChI is InChI=1S/C21H23NO6/c1-12-15-10-14(24-2)6-7-16(15)28-19(12)21(23)22-11-13-8-17(25-3)20(27-5)18(9-13)26-4/h6-10H,11H2,1-5H3,(H,22,23). The molecule has 0 saturated heterocycles. The molecule has 0 spiro atoms. The van der Waals surface area contributed by atoms with E-state index in [0.29, 0.717) is 28.6 Å². The summed E-state index contributed by atoms with van der Waals surface area (Å²) in [6.45, 7) is 2.12. The van der Waals surface area contributed by atoms with Gasteiger partial charge in [0.25, 0.3) is 5.91 Å². The first-order chi connectivity index (χ1) is 13.5. The first-order valence-corrected chi connectivity index (χ1v) is 8.66. The van der Waals surface area contributed by atoms with Crippen LogP contribution in [0.4, 0.5) is 0 Å². The summed E-state index contributed by atoms with van der Waals surface area (Å²) in [5.74, 6) is 2.23. The van der Waals surface area contributed by atoms with E-state index in [1.165, 1.54) is 0 Å². The van der Waals surface area contributed by atoms with Gasteiger partial charge in [0.05, 0.1) is 28.4 Å². The van der Waals surface area contributed by atoms with Gasteiger partial charge < -0.3 is 28.7 Å². The van der Waals surface area contributed by atoms with Gasteiger partial charge >= 0.3 is 0 Å². The second kappa shape index (κ2) is 8.12. The van der Waals surface area contributed by atoms with Crippen molar-refractivity contribution in [2.75, 3.05) is 28.4 Å². The average molecular weight is 385 g/mol. The van der Waals surface area contributed by atoms with E-state index in [0.717, 1.165) is 16.5 Å². The Bertz CT molecular complexity index is 983. The predicted octanol–water partition coefficient (Wildman–Crippen LogP) is 3.71. The first kappa shape index (κ1) is 19.4. The number of carbonyl (C=O) groups excluding carboxylic acids is 1. The number of carbonyl (C=O) groups is 1. The van der Waals surface area contributed by atoms with Crippen molar-refractivity contribution in [3.05, 3.63) is 47.2 Å². The van der Waals surface area contributed by atoms with E-state index in [1.54, 1.807) is 52.7 Å². The van der Waals surface area contributed by atoms with Crippen molar-refractivity contribution in [3.63, 3.8) is 0 Å². The maximum atomic E-state index is 12.7. The number of furan rings is 1. The summed E-state index contributed by atoms with van der Waals surface area (Å²) in [5.41, 5.74) is 2.20. The van der Waals surface area contributed by atoms with E-state index < -0.39 is 0 Å². The zero-order chi connectivity index (χ0) is 20.3. The summed E-state index contributed by atoms with van der Waals surface area (Å²) in [5, 5.41) is 3.71. The van der Waals surface area contributed by atoms with E-state index in [4.69, 9.17) is 23.4 Å². The number of hydrogen-bond acceptors (Lipinski definition) is 6. The van der Waals surface area contributed by atoms with Crippen LogP contribution in [0.3, 0.4) is 0 Å². The molecular formula is C21H23NO6. The van der Waals surface area contributed by atoms with Gasteiger partial charge in [-0.1, -0.05) is 0 Å². The van der Waals surface area contributed by atoms with Crippen molar-refractivity contribution in [3.8, 4) is 23.0 Å². The minimum absolute atomic E-state index is 0.273. The van der Waals surface area contributed by atoms with E-state index in [-0.39, 0.29) is 18.2 Å². The summed E-state index contributed by atoms with van der Waals surface area (Å²) >= 11 is 0. The van der Waals surface area contributed by atoms with Gasteiger partial charge in [0.1, 0.15) is 11.3 Å². The molecule has 1 amide bonds. The molecule has 148 valence electrons. The van der Waals surface area contributed by atoms with Gasteiger partial charge in [-0.3, -0.25) is 4.79 Å². The van der Waals surface area contributed by atoms with Gasteiger partial charge in [-0.05, 0) is 42.8 Å². The fraction of sp³-hybridized carbons (Fsp3) is 0.286. The summed E-state index contributed by atoms with van der Waals surface area (Å²) in [4.78, 5) is 12.7. The second-order valence-electron chi connectivity index (χ2n) is 6.13. The molecule has 7 nitrogen and oxygen atoms in total. The lowest BCUT2D eigenvalue weighted by molar-refractivity contribution is 0.0924. The highest BCUT2D eigenvalue weighted by Crippen LogP contribution is 2.38. The second-order valence-corrected chi connectivity index (χ2v) is 6.13. The van der Waals surface area contributed by atoms with Crippen LogP contribution in [0.15, 0.2) is 34.7 Å². The Hall–Kier alpha value is -3.35. The zero-order valence-corrected chi connectivity index (χ0v) is 16.5. The highest BCUT2D eigenvalue weighted by Gasteiger charge is 2.19. The maximum absolute atomic E-state index is 12.7. The molecule has 3 aromatic rings. The van der Waals surface area contributed by atoms with E-state index in [9.17, 15) is 4.79 Å². The molecule has 0 fully saturated rings. The minimum Gasteiger partial charge on any atom is -0.497 e. The number of aryl methyl sites for hydroxylation is 1. The van der Waals surface area contributed by atoms with Crippen LogP contribution in [0.5, 0.6) is 23.0 Å². The Kier molecular flexibility index (Phi) is 5.63. The number of hydrogen-bond donors (Lipinski definition) is 1. The van der Waals surface area contributed by atoms with Crippen LogP contribution >= 0.6 is 0 Å². The highest BCUT2D eigenvalue weighted by molar-refractivity contribution is 5.99. The van der Waals surface area contributed by atoms with E-state index in [2.05, 4.69) is 5.32 Å². The van der Waals surface area contributed by atoms with Crippen LogP contribution in [0.25, 0.3) is 11.0 Å². The molecule has 0 aliphatic rings. The van der Waals surface area contributed by atoms with Crippen LogP contribution in [-0.2, 0) is 6.54 Å². The third-order valence-corrected chi connectivity index (χ3v) is 4.53. The van der Waals surface area contributed by atoms with Crippen LogP contribution < -0.4 is 24.3 Å². The Balaban J connectivity index is 1.83. The molecule has 28 heavy (non-hydrogen) atoms. The quantitative estimate of drug-likeness (QED) is 0.668. The summed E-state index contributed by atoms with van der Waals surface area (Å²) in [7, 11) is 6.24. The fourth-order valence-corrected chi connectivity index (χ4v) is 3.04. The van der Waals surface area contributed by atoms with Crippen molar-refractivity contribution >= 4 is 16.9 Å². The number of benzene rings is 2. The smallest absolute Gasteiger partial charge is 0.287 e. The lowest BCUT2D eigenvalue weighted by atomic mass is 10.1. The predicted molar refractivity (Wildman–Crippen MR) is 105 cm³/mol. The third kappa shape index (κ3) is 3.55. The molecule has 1 heterocycles. The molecule has 0 atom stereocenters. The highest BCUT2D eigenvalue weighted by atomic mass is 16.5. The number of amides is 1. The molecular weight excluding hydrogens is 362 g/mol. The van der Waals surface area contributed by atoms with Crippen molar-refractivity contribution in [2.24, 2.45) is 0 Å². The van der Waals surface area contributed by atoms with Crippen LogP contribution in [-0.4, -0.2) is 34.3 Å². The third-order valence-electron chi connectivity index (χ3n) is 4.53. The van der Waals surface area contributed by atoms with Crippen LogP contribution in [0, 0.1) is 6.92 Å². The summed E-state index contributed by atoms with van der Waals surface area (Å²) in [6, 6.07) is 9.01. The number of methoxy groups -OCH3 is 4. The molecule has 0 bridgehead atoms. The molecule has 1 aromatic heterocycles. The lowest BCUT2D eigenvalue weighted by Gasteiger charge is -2.14. The van der Waals surface area contributed by atoms with Crippen molar-refractivity contribution in [1.29, 1.82) is 0 Å². The Morgan fingerprint density at radius 2 is 1.64 bits per heavy atom. The van der Waals surface area contributed by atoms with Crippen molar-refractivity contribution < 1.29 is 28.2 Å². The fourth-order valence-electron chi connectivity index (χ4n) is 3.04. The monoisotopic (exact) mass is 385 g/mol. The Labute approximate surface area is 163 Å². The molecule has 0 aliphatic heterocycles. The SMILES string of the molecule is COc1ccc2oc(C(=O)NCc3cc(OC)c(OC)c(OC)c3)c(C)c2c1. The average Bonchev–Trinajstić information content (AvgIpc) is 3.06. The first-order valence-electron chi connectivity index (χ1n) is 8.66. The molecule has 7 heteroatoms. The lowest BCUT2D eigenvalue weighted by Crippen LogP contribution is -2.23.